The highest BCUT2D eigenvalue weighted by Gasteiger charge is 2.29. The Bertz CT molecular complexity index is 805. The molecule has 23 heavy (non-hydrogen) atoms. The summed E-state index contributed by atoms with van der Waals surface area (Å²) in [5.41, 5.74) is 0.629. The highest BCUT2D eigenvalue weighted by Crippen LogP contribution is 2.25. The molecule has 0 amide bonds. The molecule has 0 N–H and O–H groups in total. The lowest BCUT2D eigenvalue weighted by molar-refractivity contribution is 0.552. The second kappa shape index (κ2) is 6.60. The van der Waals surface area contributed by atoms with E-state index in [1.54, 1.807) is 12.1 Å². The standard InChI is InChI=1S/C15H18FN3O2S2/c1-19-14(8-11-6-7-23(20,21)10-11)17-18-15(19)22-9-12-4-2-3-5-13(12)16/h2-5,11H,6-10H2,1H3/t11-/m1/s1. The van der Waals surface area contributed by atoms with Crippen LogP contribution in [0.15, 0.2) is 29.4 Å². The second-order valence-electron chi connectivity index (χ2n) is 5.81. The minimum atomic E-state index is -2.88. The van der Waals surface area contributed by atoms with Crippen molar-refractivity contribution in [3.63, 3.8) is 0 Å². The van der Waals surface area contributed by atoms with Crippen molar-refractivity contribution >= 4 is 21.6 Å². The summed E-state index contributed by atoms with van der Waals surface area (Å²) in [6.07, 6.45) is 1.30. The predicted octanol–water partition coefficient (Wildman–Crippen LogP) is 2.22. The molecule has 1 fully saturated rings. The van der Waals surface area contributed by atoms with Gasteiger partial charge in [0.25, 0.3) is 0 Å². The summed E-state index contributed by atoms with van der Waals surface area (Å²) in [4.78, 5) is 0. The number of nitrogens with zero attached hydrogens (tertiary/aromatic N) is 3. The molecule has 0 bridgehead atoms. The first-order valence-corrected chi connectivity index (χ1v) is 10.2. The number of halogens is 1. The molecule has 1 aliphatic rings. The van der Waals surface area contributed by atoms with Crippen LogP contribution in [0.2, 0.25) is 0 Å². The van der Waals surface area contributed by atoms with Gasteiger partial charge in [0.05, 0.1) is 11.5 Å². The molecule has 1 aliphatic heterocycles. The van der Waals surface area contributed by atoms with Gasteiger partial charge in [0.15, 0.2) is 15.0 Å². The highest BCUT2D eigenvalue weighted by molar-refractivity contribution is 7.98. The maximum atomic E-state index is 13.6. The van der Waals surface area contributed by atoms with Gasteiger partial charge in [-0.15, -0.1) is 10.2 Å². The predicted molar refractivity (Wildman–Crippen MR) is 87.4 cm³/mol. The average Bonchev–Trinajstić information content (AvgIpc) is 3.02. The Hall–Kier alpha value is -1.41. The quantitative estimate of drug-likeness (QED) is 0.770. The largest absolute Gasteiger partial charge is 0.309 e. The molecule has 8 heteroatoms. The van der Waals surface area contributed by atoms with E-state index in [1.165, 1.54) is 17.8 Å². The summed E-state index contributed by atoms with van der Waals surface area (Å²) < 4.78 is 38.6. The minimum absolute atomic E-state index is 0.118. The van der Waals surface area contributed by atoms with Crippen LogP contribution in [-0.2, 0) is 29.1 Å². The lowest BCUT2D eigenvalue weighted by Crippen LogP contribution is -2.11. The average molecular weight is 355 g/mol. The Labute approximate surface area is 139 Å². The molecular formula is C15H18FN3O2S2. The fraction of sp³-hybridized carbons (Fsp3) is 0.467. The molecule has 1 atom stereocenters. The summed E-state index contributed by atoms with van der Waals surface area (Å²) >= 11 is 1.42. The van der Waals surface area contributed by atoms with Crippen LogP contribution in [0.4, 0.5) is 4.39 Å². The molecule has 1 aromatic carbocycles. The van der Waals surface area contributed by atoms with Gasteiger partial charge in [-0.25, -0.2) is 12.8 Å². The SMILES string of the molecule is Cn1c(C[C@H]2CCS(=O)(=O)C2)nnc1SCc1ccccc1F. The molecule has 2 aromatic rings. The lowest BCUT2D eigenvalue weighted by Gasteiger charge is -2.07. The molecule has 1 aromatic heterocycles. The minimum Gasteiger partial charge on any atom is -0.309 e. The van der Waals surface area contributed by atoms with E-state index in [2.05, 4.69) is 10.2 Å². The summed E-state index contributed by atoms with van der Waals surface area (Å²) in [7, 11) is -1.01. The van der Waals surface area contributed by atoms with Gasteiger partial charge >= 0.3 is 0 Å². The van der Waals surface area contributed by atoms with Crippen molar-refractivity contribution in [2.24, 2.45) is 13.0 Å². The summed E-state index contributed by atoms with van der Waals surface area (Å²) in [6, 6.07) is 6.67. The molecule has 0 unspecified atom stereocenters. The van der Waals surface area contributed by atoms with Crippen molar-refractivity contribution in [1.29, 1.82) is 0 Å². The molecular weight excluding hydrogens is 337 g/mol. The number of rotatable bonds is 5. The van der Waals surface area contributed by atoms with Gasteiger partial charge in [-0.1, -0.05) is 30.0 Å². The van der Waals surface area contributed by atoms with Crippen LogP contribution in [0.25, 0.3) is 0 Å². The van der Waals surface area contributed by atoms with Gasteiger partial charge in [0.1, 0.15) is 11.6 Å². The van der Waals surface area contributed by atoms with E-state index in [1.807, 2.05) is 17.7 Å². The molecule has 0 aliphatic carbocycles. The van der Waals surface area contributed by atoms with Gasteiger partial charge < -0.3 is 4.57 Å². The van der Waals surface area contributed by atoms with Crippen molar-refractivity contribution in [3.8, 4) is 0 Å². The van der Waals surface area contributed by atoms with E-state index < -0.39 is 9.84 Å². The Kier molecular flexibility index (Phi) is 4.72. The van der Waals surface area contributed by atoms with Gasteiger partial charge in [-0.2, -0.15) is 0 Å². The highest BCUT2D eigenvalue weighted by atomic mass is 32.2. The van der Waals surface area contributed by atoms with Crippen LogP contribution in [0.1, 0.15) is 17.8 Å². The number of hydrogen-bond acceptors (Lipinski definition) is 5. The molecule has 5 nitrogen and oxygen atoms in total. The fourth-order valence-corrected chi connectivity index (χ4v) is 5.48. The van der Waals surface area contributed by atoms with Crippen molar-refractivity contribution in [1.82, 2.24) is 14.8 Å². The summed E-state index contributed by atoms with van der Waals surface area (Å²) in [6.45, 7) is 0. The van der Waals surface area contributed by atoms with Crippen molar-refractivity contribution in [3.05, 3.63) is 41.5 Å². The zero-order chi connectivity index (χ0) is 16.4. The van der Waals surface area contributed by atoms with Gasteiger partial charge in [-0.3, -0.25) is 0 Å². The first kappa shape index (κ1) is 16.4. The zero-order valence-corrected chi connectivity index (χ0v) is 14.4. The monoisotopic (exact) mass is 355 g/mol. The number of thioether (sulfide) groups is 1. The first-order chi connectivity index (χ1) is 10.9. The van der Waals surface area contributed by atoms with E-state index >= 15 is 0 Å². The van der Waals surface area contributed by atoms with Crippen molar-refractivity contribution < 1.29 is 12.8 Å². The number of benzene rings is 1. The molecule has 3 rings (SSSR count). The second-order valence-corrected chi connectivity index (χ2v) is 8.98. The van der Waals surface area contributed by atoms with Crippen molar-refractivity contribution in [2.75, 3.05) is 11.5 Å². The number of aromatic nitrogens is 3. The smallest absolute Gasteiger partial charge is 0.191 e. The van der Waals surface area contributed by atoms with Crippen LogP contribution in [-0.4, -0.2) is 34.7 Å². The lowest BCUT2D eigenvalue weighted by atomic mass is 10.1. The Morgan fingerprint density at radius 1 is 1.35 bits per heavy atom. The molecule has 0 spiro atoms. The molecule has 1 saturated heterocycles. The first-order valence-electron chi connectivity index (χ1n) is 7.39. The molecule has 124 valence electrons. The Morgan fingerprint density at radius 3 is 2.83 bits per heavy atom. The molecule has 0 radical (unpaired) electrons. The van der Waals surface area contributed by atoms with Crippen molar-refractivity contribution in [2.45, 2.75) is 23.8 Å². The maximum absolute atomic E-state index is 13.6. The van der Waals surface area contributed by atoms with Crippen LogP contribution in [0.3, 0.4) is 0 Å². The van der Waals surface area contributed by atoms with Crippen LogP contribution in [0, 0.1) is 11.7 Å². The molecule has 0 saturated carbocycles. The fourth-order valence-electron chi connectivity index (χ4n) is 2.70. The van der Waals surface area contributed by atoms with E-state index in [0.29, 0.717) is 29.3 Å². The third-order valence-electron chi connectivity index (χ3n) is 4.04. The van der Waals surface area contributed by atoms with Crippen LogP contribution in [0.5, 0.6) is 0 Å². The van der Waals surface area contributed by atoms with E-state index in [0.717, 1.165) is 5.82 Å². The maximum Gasteiger partial charge on any atom is 0.191 e. The van der Waals surface area contributed by atoms with E-state index in [-0.39, 0.29) is 23.2 Å². The normalized spacial score (nSPS) is 20.0. The van der Waals surface area contributed by atoms with E-state index in [9.17, 15) is 12.8 Å². The van der Waals surface area contributed by atoms with Gasteiger partial charge in [0.2, 0.25) is 0 Å². The van der Waals surface area contributed by atoms with Gasteiger partial charge in [-0.05, 0) is 24.0 Å². The topological polar surface area (TPSA) is 64.8 Å². The zero-order valence-electron chi connectivity index (χ0n) is 12.8. The Balaban J connectivity index is 1.64. The van der Waals surface area contributed by atoms with Crippen LogP contribution < -0.4 is 0 Å². The van der Waals surface area contributed by atoms with Gasteiger partial charge in [0, 0.05) is 19.2 Å². The van der Waals surface area contributed by atoms with Crippen LogP contribution >= 0.6 is 11.8 Å². The number of sulfone groups is 1. The third-order valence-corrected chi connectivity index (χ3v) is 6.94. The Morgan fingerprint density at radius 2 is 2.13 bits per heavy atom. The number of hydrogen-bond donors (Lipinski definition) is 0. The van der Waals surface area contributed by atoms with E-state index in [4.69, 9.17) is 0 Å². The summed E-state index contributed by atoms with van der Waals surface area (Å²) in [5.74, 6) is 1.66. The third kappa shape index (κ3) is 3.92. The molecule has 2 heterocycles. The summed E-state index contributed by atoms with van der Waals surface area (Å²) in [5, 5.41) is 9.02.